The van der Waals surface area contributed by atoms with Crippen LogP contribution in [-0.4, -0.2) is 29.8 Å². The molecule has 0 atom stereocenters. The van der Waals surface area contributed by atoms with Crippen molar-refractivity contribution in [3.05, 3.63) is 69.2 Å². The fraction of sp³-hybridized carbons (Fsp3) is 0.238. The first-order valence-corrected chi connectivity index (χ1v) is 9.66. The molecule has 0 fully saturated rings. The van der Waals surface area contributed by atoms with Gasteiger partial charge in [-0.3, -0.25) is 9.59 Å². The smallest absolute Gasteiger partial charge is 0.330 e. The van der Waals surface area contributed by atoms with Crippen molar-refractivity contribution in [1.82, 2.24) is 4.90 Å². The van der Waals surface area contributed by atoms with E-state index in [1.165, 1.54) is 17.0 Å². The number of likely N-dealkylation sites (N-methyl/N-ethyl adjacent to an activating group) is 1. The molecular formula is C21H19Cl2F3N2O2. The highest BCUT2D eigenvalue weighted by Gasteiger charge is 2.33. The van der Waals surface area contributed by atoms with Crippen LogP contribution in [-0.2, 0) is 15.8 Å². The lowest BCUT2D eigenvalue weighted by atomic mass is 10.1. The number of nitrogens with one attached hydrogen (secondary N) is 1. The predicted molar refractivity (Wildman–Crippen MR) is 113 cm³/mol. The summed E-state index contributed by atoms with van der Waals surface area (Å²) in [5.41, 5.74) is 0.523. The number of amides is 2. The summed E-state index contributed by atoms with van der Waals surface area (Å²) in [6.07, 6.45) is -2.24. The summed E-state index contributed by atoms with van der Waals surface area (Å²) in [5, 5.41) is 2.73. The maximum Gasteiger partial charge on any atom is 0.417 e. The Kier molecular flexibility index (Phi) is 7.92. The Morgan fingerprint density at radius 1 is 1.13 bits per heavy atom. The van der Waals surface area contributed by atoms with Gasteiger partial charge in [0.25, 0.3) is 0 Å². The molecule has 9 heteroatoms. The molecule has 2 aromatic rings. The zero-order chi connectivity index (χ0) is 22.5. The molecule has 2 amide bonds. The molecule has 0 saturated heterocycles. The molecule has 160 valence electrons. The lowest BCUT2D eigenvalue weighted by Gasteiger charge is -2.19. The topological polar surface area (TPSA) is 49.4 Å². The van der Waals surface area contributed by atoms with Crippen LogP contribution in [0.2, 0.25) is 10.0 Å². The van der Waals surface area contributed by atoms with E-state index in [2.05, 4.69) is 5.32 Å². The van der Waals surface area contributed by atoms with Gasteiger partial charge in [-0.1, -0.05) is 35.3 Å². The Morgan fingerprint density at radius 3 is 2.47 bits per heavy atom. The van der Waals surface area contributed by atoms with Crippen molar-refractivity contribution in [3.63, 3.8) is 0 Å². The van der Waals surface area contributed by atoms with Crippen LogP contribution < -0.4 is 5.32 Å². The normalized spacial score (nSPS) is 11.6. The van der Waals surface area contributed by atoms with Crippen molar-refractivity contribution in [3.8, 4) is 0 Å². The Labute approximate surface area is 182 Å². The minimum Gasteiger partial charge on any atom is -0.330 e. The van der Waals surface area contributed by atoms with Gasteiger partial charge in [0.05, 0.1) is 10.6 Å². The maximum atomic E-state index is 12.9. The van der Waals surface area contributed by atoms with E-state index in [0.717, 1.165) is 23.8 Å². The maximum absolute atomic E-state index is 12.9. The van der Waals surface area contributed by atoms with E-state index in [-0.39, 0.29) is 18.7 Å². The summed E-state index contributed by atoms with van der Waals surface area (Å²) in [6.45, 7) is 3.51. The number of hydrogen-bond donors (Lipinski definition) is 1. The van der Waals surface area contributed by atoms with Crippen LogP contribution in [0.25, 0.3) is 6.08 Å². The summed E-state index contributed by atoms with van der Waals surface area (Å²) < 4.78 is 38.8. The van der Waals surface area contributed by atoms with Gasteiger partial charge in [-0.15, -0.1) is 0 Å². The molecule has 0 heterocycles. The lowest BCUT2D eigenvalue weighted by molar-refractivity contribution is -0.137. The molecule has 0 aromatic heterocycles. The van der Waals surface area contributed by atoms with E-state index in [1.54, 1.807) is 32.0 Å². The average Bonchev–Trinajstić information content (AvgIpc) is 2.67. The number of benzene rings is 2. The monoisotopic (exact) mass is 458 g/mol. The molecule has 2 aromatic carbocycles. The highest BCUT2D eigenvalue weighted by atomic mass is 35.5. The van der Waals surface area contributed by atoms with Gasteiger partial charge in [0.15, 0.2) is 0 Å². The van der Waals surface area contributed by atoms with Crippen LogP contribution in [0.15, 0.2) is 42.5 Å². The first-order valence-electron chi connectivity index (χ1n) is 8.91. The minimum atomic E-state index is -4.60. The van der Waals surface area contributed by atoms with Crippen molar-refractivity contribution in [2.24, 2.45) is 0 Å². The summed E-state index contributed by atoms with van der Waals surface area (Å²) >= 11 is 11.5. The van der Waals surface area contributed by atoms with Gasteiger partial charge >= 0.3 is 6.18 Å². The molecule has 0 aliphatic rings. The van der Waals surface area contributed by atoms with Crippen molar-refractivity contribution in [2.45, 2.75) is 20.0 Å². The number of rotatable bonds is 6. The van der Waals surface area contributed by atoms with Crippen LogP contribution in [0.3, 0.4) is 0 Å². The molecule has 0 radical (unpaired) electrons. The number of halogens is 5. The Balaban J connectivity index is 2.07. The molecule has 1 N–H and O–H groups in total. The lowest BCUT2D eigenvalue weighted by Crippen LogP contribution is -2.37. The predicted octanol–water partition coefficient (Wildman–Crippen LogP) is 5.82. The molecule has 0 aliphatic carbocycles. The summed E-state index contributed by atoms with van der Waals surface area (Å²) in [4.78, 5) is 26.0. The molecule has 0 saturated carbocycles. The zero-order valence-corrected chi connectivity index (χ0v) is 17.7. The third-order valence-electron chi connectivity index (χ3n) is 4.22. The van der Waals surface area contributed by atoms with Crippen molar-refractivity contribution in [1.29, 1.82) is 0 Å². The first kappa shape index (κ1) is 23.8. The summed E-state index contributed by atoms with van der Waals surface area (Å²) in [7, 11) is 0. The minimum absolute atomic E-state index is 0.162. The van der Waals surface area contributed by atoms with Gasteiger partial charge in [-0.25, -0.2) is 0 Å². The largest absolute Gasteiger partial charge is 0.417 e. The van der Waals surface area contributed by atoms with Gasteiger partial charge < -0.3 is 10.2 Å². The first-order chi connectivity index (χ1) is 14.0. The molecule has 2 rings (SSSR count). The van der Waals surface area contributed by atoms with E-state index in [0.29, 0.717) is 10.7 Å². The molecular weight excluding hydrogens is 440 g/mol. The van der Waals surface area contributed by atoms with Crippen LogP contribution in [0.4, 0.5) is 18.9 Å². The number of aryl methyl sites for hydroxylation is 1. The van der Waals surface area contributed by atoms with Gasteiger partial charge in [0, 0.05) is 23.3 Å². The molecule has 4 nitrogen and oxygen atoms in total. The van der Waals surface area contributed by atoms with Crippen molar-refractivity contribution >= 4 is 46.8 Å². The zero-order valence-electron chi connectivity index (χ0n) is 16.2. The van der Waals surface area contributed by atoms with E-state index in [9.17, 15) is 22.8 Å². The highest BCUT2D eigenvalue weighted by Crippen LogP contribution is 2.35. The van der Waals surface area contributed by atoms with Gasteiger partial charge in [0.1, 0.15) is 6.54 Å². The van der Waals surface area contributed by atoms with Crippen LogP contribution in [0.5, 0.6) is 0 Å². The van der Waals surface area contributed by atoms with Crippen LogP contribution in [0.1, 0.15) is 23.6 Å². The number of carbonyl (C=O) groups is 2. The second-order valence-electron chi connectivity index (χ2n) is 6.43. The van der Waals surface area contributed by atoms with E-state index in [1.807, 2.05) is 0 Å². The van der Waals surface area contributed by atoms with E-state index in [4.69, 9.17) is 23.2 Å². The Morgan fingerprint density at radius 2 is 1.83 bits per heavy atom. The quantitative estimate of drug-likeness (QED) is 0.554. The Hall–Kier alpha value is -2.51. The third-order valence-corrected chi connectivity index (χ3v) is 4.78. The molecule has 0 spiro atoms. The number of anilines is 1. The number of nitrogens with zero attached hydrogens (tertiary/aromatic N) is 1. The second-order valence-corrected chi connectivity index (χ2v) is 7.27. The van der Waals surface area contributed by atoms with Crippen LogP contribution in [0, 0.1) is 6.92 Å². The van der Waals surface area contributed by atoms with Crippen LogP contribution >= 0.6 is 23.2 Å². The number of alkyl halides is 3. The van der Waals surface area contributed by atoms with E-state index < -0.39 is 28.6 Å². The summed E-state index contributed by atoms with van der Waals surface area (Å²) in [6, 6.07) is 8.40. The average molecular weight is 459 g/mol. The SMILES string of the molecule is CCN(CC(=O)Nc1cc(Cl)ccc1C)C(=O)/C=C/c1ccc(Cl)c(C(F)(F)F)c1. The molecule has 0 bridgehead atoms. The van der Waals surface area contributed by atoms with Gasteiger partial charge in [-0.05, 0) is 55.3 Å². The standard InChI is InChI=1S/C21H19Cl2F3N2O2/c1-3-28(12-19(29)27-18-11-15(22)7-4-13(18)2)20(30)9-6-14-5-8-17(23)16(10-14)21(24,25)26/h4-11H,3,12H2,1-2H3,(H,27,29)/b9-6+. The summed E-state index contributed by atoms with van der Waals surface area (Å²) in [5.74, 6) is -0.936. The van der Waals surface area contributed by atoms with Gasteiger partial charge in [0.2, 0.25) is 11.8 Å². The third kappa shape index (κ3) is 6.50. The molecule has 0 aliphatic heterocycles. The fourth-order valence-corrected chi connectivity index (χ4v) is 2.97. The molecule has 0 unspecified atom stereocenters. The fourth-order valence-electron chi connectivity index (χ4n) is 2.57. The highest BCUT2D eigenvalue weighted by molar-refractivity contribution is 6.31. The Bertz CT molecular complexity index is 975. The van der Waals surface area contributed by atoms with Gasteiger partial charge in [-0.2, -0.15) is 13.2 Å². The number of carbonyl (C=O) groups excluding carboxylic acids is 2. The van der Waals surface area contributed by atoms with E-state index >= 15 is 0 Å². The molecule has 30 heavy (non-hydrogen) atoms. The van der Waals surface area contributed by atoms with Crippen molar-refractivity contribution in [2.75, 3.05) is 18.4 Å². The number of hydrogen-bond acceptors (Lipinski definition) is 2. The van der Waals surface area contributed by atoms with Crippen molar-refractivity contribution < 1.29 is 22.8 Å². The second kappa shape index (κ2) is 10.00.